The molecule has 49 heavy (non-hydrogen) atoms. The number of ketones is 1. The molecule has 0 aliphatic carbocycles. The fraction of sp³-hybridized carbons (Fsp3) is 0.237. The van der Waals surface area contributed by atoms with Crippen molar-refractivity contribution in [1.29, 1.82) is 0 Å². The highest BCUT2D eigenvalue weighted by Crippen LogP contribution is 2.14. The molecule has 5 amide bonds. The summed E-state index contributed by atoms with van der Waals surface area (Å²) in [5, 5.41) is 5.16. The van der Waals surface area contributed by atoms with Crippen molar-refractivity contribution in [3.63, 3.8) is 0 Å². The molecule has 11 heteroatoms. The van der Waals surface area contributed by atoms with E-state index in [1.807, 2.05) is 78.9 Å². The Hall–Kier alpha value is -5.97. The predicted octanol–water partition coefficient (Wildman–Crippen LogP) is 4.89. The lowest BCUT2D eigenvalue weighted by molar-refractivity contribution is -0.138. The second kappa shape index (κ2) is 19.0. The largest absolute Gasteiger partial charge is 0.497 e. The molecular weight excluding hydrogens is 624 g/mol. The van der Waals surface area contributed by atoms with Crippen molar-refractivity contribution in [3.05, 3.63) is 138 Å². The van der Waals surface area contributed by atoms with E-state index in [-0.39, 0.29) is 39.2 Å². The molecule has 4 aromatic rings. The van der Waals surface area contributed by atoms with Crippen molar-refractivity contribution in [2.24, 2.45) is 0 Å². The molecule has 0 unspecified atom stereocenters. The standard InChI is InChI=1S/C38H40N4O7/c1-48-33-19-17-29(18-20-33)22-24-42(35(44)21-23-39-37(46)49-28-32-15-9-4-10-16-32)38(47)41(26-31-13-7-3-8-14-31)27-34(43)36(45)40-25-30-11-5-2-6-12-30/h2-20H,21-28H2,1H3,(H,39,46)(H,40,45). The summed E-state index contributed by atoms with van der Waals surface area (Å²) in [6, 6.07) is 33.8. The zero-order chi connectivity index (χ0) is 34.8. The molecule has 0 spiro atoms. The van der Waals surface area contributed by atoms with Crippen LogP contribution in [-0.4, -0.2) is 66.3 Å². The van der Waals surface area contributed by atoms with E-state index in [0.717, 1.165) is 21.6 Å². The first kappa shape index (κ1) is 35.9. The number of alkyl carbamates (subject to hydrolysis) is 1. The van der Waals surface area contributed by atoms with Crippen LogP contribution >= 0.6 is 0 Å². The van der Waals surface area contributed by atoms with E-state index in [9.17, 15) is 24.0 Å². The summed E-state index contributed by atoms with van der Waals surface area (Å²) >= 11 is 0. The van der Waals surface area contributed by atoms with Crippen LogP contribution in [0.1, 0.15) is 28.7 Å². The molecule has 0 saturated carbocycles. The number of ether oxygens (including phenoxy) is 2. The van der Waals surface area contributed by atoms with E-state index >= 15 is 0 Å². The van der Waals surface area contributed by atoms with Crippen LogP contribution < -0.4 is 15.4 Å². The predicted molar refractivity (Wildman–Crippen MR) is 183 cm³/mol. The molecule has 11 nitrogen and oxygen atoms in total. The number of benzene rings is 4. The van der Waals surface area contributed by atoms with E-state index in [0.29, 0.717) is 17.7 Å². The Kier molecular flexibility index (Phi) is 13.9. The minimum atomic E-state index is -0.843. The molecule has 0 radical (unpaired) electrons. The molecule has 4 aromatic carbocycles. The van der Waals surface area contributed by atoms with Gasteiger partial charge in [0, 0.05) is 32.6 Å². The maximum atomic E-state index is 14.1. The fourth-order valence-corrected chi connectivity index (χ4v) is 4.83. The van der Waals surface area contributed by atoms with Crippen LogP contribution in [-0.2, 0) is 45.2 Å². The highest BCUT2D eigenvalue weighted by Gasteiger charge is 2.29. The summed E-state index contributed by atoms with van der Waals surface area (Å²) in [5.41, 5.74) is 3.18. The Balaban J connectivity index is 1.46. The molecule has 0 saturated heterocycles. The van der Waals surface area contributed by atoms with Gasteiger partial charge in [0.1, 0.15) is 12.4 Å². The second-order valence-corrected chi connectivity index (χ2v) is 11.1. The Morgan fingerprint density at radius 2 is 1.27 bits per heavy atom. The van der Waals surface area contributed by atoms with Gasteiger partial charge in [0.2, 0.25) is 11.7 Å². The monoisotopic (exact) mass is 664 g/mol. The number of Topliss-reactive ketones (excluding diaryl/α,β-unsaturated/α-hetero) is 1. The van der Waals surface area contributed by atoms with Crippen molar-refractivity contribution in [1.82, 2.24) is 20.4 Å². The van der Waals surface area contributed by atoms with E-state index in [1.165, 1.54) is 4.90 Å². The average molecular weight is 665 g/mol. The quantitative estimate of drug-likeness (QED) is 0.163. The number of hydrogen-bond acceptors (Lipinski definition) is 7. The van der Waals surface area contributed by atoms with Crippen LogP contribution in [0.3, 0.4) is 0 Å². The van der Waals surface area contributed by atoms with Gasteiger partial charge in [0.15, 0.2) is 0 Å². The summed E-state index contributed by atoms with van der Waals surface area (Å²) in [5.74, 6) is -1.58. The molecule has 0 aliphatic heterocycles. The normalized spacial score (nSPS) is 10.4. The van der Waals surface area contributed by atoms with E-state index in [4.69, 9.17) is 9.47 Å². The van der Waals surface area contributed by atoms with E-state index < -0.39 is 36.3 Å². The number of nitrogens with one attached hydrogen (secondary N) is 2. The smallest absolute Gasteiger partial charge is 0.407 e. The molecular formula is C38H40N4O7. The summed E-state index contributed by atoms with van der Waals surface area (Å²) in [6.45, 7) is -0.460. The van der Waals surface area contributed by atoms with Gasteiger partial charge in [-0.05, 0) is 40.8 Å². The average Bonchev–Trinajstić information content (AvgIpc) is 3.14. The van der Waals surface area contributed by atoms with Gasteiger partial charge in [-0.2, -0.15) is 0 Å². The van der Waals surface area contributed by atoms with Crippen molar-refractivity contribution < 1.29 is 33.4 Å². The number of nitrogens with zero attached hydrogens (tertiary/aromatic N) is 2. The highest BCUT2D eigenvalue weighted by molar-refractivity contribution is 6.37. The first-order chi connectivity index (χ1) is 23.8. The summed E-state index contributed by atoms with van der Waals surface area (Å²) < 4.78 is 10.5. The fourth-order valence-electron chi connectivity index (χ4n) is 4.83. The van der Waals surface area contributed by atoms with Gasteiger partial charge in [-0.25, -0.2) is 9.59 Å². The lowest BCUT2D eigenvalue weighted by atomic mass is 10.1. The van der Waals surface area contributed by atoms with Crippen LogP contribution in [0.4, 0.5) is 9.59 Å². The number of rotatable bonds is 16. The molecule has 254 valence electrons. The highest BCUT2D eigenvalue weighted by atomic mass is 16.5. The minimum absolute atomic E-state index is 0.0118. The number of amides is 5. The van der Waals surface area contributed by atoms with Crippen molar-refractivity contribution >= 4 is 29.7 Å². The van der Waals surface area contributed by atoms with Gasteiger partial charge in [-0.15, -0.1) is 0 Å². The van der Waals surface area contributed by atoms with Gasteiger partial charge in [0.05, 0.1) is 13.7 Å². The van der Waals surface area contributed by atoms with Crippen molar-refractivity contribution in [3.8, 4) is 5.75 Å². The SMILES string of the molecule is COc1ccc(CCN(C(=O)CCNC(=O)OCc2ccccc2)C(=O)N(CC(=O)C(=O)NCc2ccccc2)Cc2ccccc2)cc1. The van der Waals surface area contributed by atoms with Gasteiger partial charge in [-0.1, -0.05) is 103 Å². The number of carbonyl (C=O) groups excluding carboxylic acids is 5. The summed E-state index contributed by atoms with van der Waals surface area (Å²) in [4.78, 5) is 68.2. The molecule has 0 aromatic heterocycles. The Bertz CT molecular complexity index is 1670. The number of urea groups is 1. The van der Waals surface area contributed by atoms with Crippen molar-refractivity contribution in [2.45, 2.75) is 32.5 Å². The minimum Gasteiger partial charge on any atom is -0.497 e. The lowest BCUT2D eigenvalue weighted by Crippen LogP contribution is -2.50. The van der Waals surface area contributed by atoms with E-state index in [2.05, 4.69) is 10.6 Å². The van der Waals surface area contributed by atoms with Crippen LogP contribution in [0.2, 0.25) is 0 Å². The zero-order valence-corrected chi connectivity index (χ0v) is 27.4. The van der Waals surface area contributed by atoms with Gasteiger partial charge in [0.25, 0.3) is 5.91 Å². The first-order valence-corrected chi connectivity index (χ1v) is 15.9. The van der Waals surface area contributed by atoms with Gasteiger partial charge < -0.3 is 25.0 Å². The maximum absolute atomic E-state index is 14.1. The molecule has 0 fully saturated rings. The Labute approximate surface area is 285 Å². The number of methoxy groups -OCH3 is 1. The second-order valence-electron chi connectivity index (χ2n) is 11.1. The topological polar surface area (TPSA) is 134 Å². The van der Waals surface area contributed by atoms with Crippen molar-refractivity contribution in [2.75, 3.05) is 26.7 Å². The molecule has 4 rings (SSSR count). The van der Waals surface area contributed by atoms with Crippen LogP contribution in [0.15, 0.2) is 115 Å². The zero-order valence-electron chi connectivity index (χ0n) is 27.4. The van der Waals surface area contributed by atoms with Gasteiger partial charge >= 0.3 is 12.1 Å². The summed E-state index contributed by atoms with van der Waals surface area (Å²) in [6.07, 6.45) is -0.594. The number of carbonyl (C=O) groups is 5. The van der Waals surface area contributed by atoms with Crippen LogP contribution in [0.25, 0.3) is 0 Å². The number of imide groups is 1. The third-order valence-corrected chi connectivity index (χ3v) is 7.51. The third kappa shape index (κ3) is 12.0. The molecule has 0 aliphatic rings. The summed E-state index contributed by atoms with van der Waals surface area (Å²) in [7, 11) is 1.56. The molecule has 0 bridgehead atoms. The molecule has 0 heterocycles. The van der Waals surface area contributed by atoms with Gasteiger partial charge in [-0.3, -0.25) is 19.3 Å². The molecule has 2 N–H and O–H groups in total. The maximum Gasteiger partial charge on any atom is 0.407 e. The van der Waals surface area contributed by atoms with Crippen LogP contribution in [0, 0.1) is 0 Å². The Morgan fingerprint density at radius 1 is 0.673 bits per heavy atom. The van der Waals surface area contributed by atoms with E-state index in [1.54, 1.807) is 43.5 Å². The first-order valence-electron chi connectivity index (χ1n) is 15.9. The van der Waals surface area contributed by atoms with Crippen LogP contribution in [0.5, 0.6) is 5.75 Å². The lowest BCUT2D eigenvalue weighted by Gasteiger charge is -2.29. The third-order valence-electron chi connectivity index (χ3n) is 7.51. The number of hydrogen-bond donors (Lipinski definition) is 2. The Morgan fingerprint density at radius 3 is 1.88 bits per heavy atom. The molecule has 0 atom stereocenters.